The molecular formula is C17H26O6S. The number of hydrogen-bond acceptors (Lipinski definition) is 6. The molecule has 0 spiro atoms. The normalized spacial score (nSPS) is 11.4. The Morgan fingerprint density at radius 2 is 1.62 bits per heavy atom. The summed E-state index contributed by atoms with van der Waals surface area (Å²) in [6.45, 7) is 2.17. The third-order valence-corrected chi connectivity index (χ3v) is 4.68. The third kappa shape index (κ3) is 7.42. The fourth-order valence-electron chi connectivity index (χ4n) is 2.27. The maximum Gasteiger partial charge on any atom is 0.326 e. The lowest BCUT2D eigenvalue weighted by Crippen LogP contribution is -2.12. The molecule has 1 aromatic carbocycles. The van der Waals surface area contributed by atoms with E-state index in [-0.39, 0.29) is 17.1 Å². The van der Waals surface area contributed by atoms with Gasteiger partial charge in [-0.25, -0.2) is 4.89 Å². The van der Waals surface area contributed by atoms with Gasteiger partial charge in [0.1, 0.15) is 4.90 Å². The van der Waals surface area contributed by atoms with Gasteiger partial charge in [-0.2, -0.15) is 8.42 Å². The molecule has 0 N–H and O–H groups in total. The summed E-state index contributed by atoms with van der Waals surface area (Å²) >= 11 is 0. The molecule has 0 unspecified atom stereocenters. The average molecular weight is 358 g/mol. The zero-order valence-corrected chi connectivity index (χ0v) is 15.1. The van der Waals surface area contributed by atoms with Crippen LogP contribution in [-0.2, 0) is 24.1 Å². The zero-order chi connectivity index (χ0) is 17.8. The highest BCUT2D eigenvalue weighted by Crippen LogP contribution is 2.25. The van der Waals surface area contributed by atoms with Crippen LogP contribution < -0.4 is 4.74 Å². The van der Waals surface area contributed by atoms with Crippen LogP contribution >= 0.6 is 0 Å². The van der Waals surface area contributed by atoms with Gasteiger partial charge in [-0.1, -0.05) is 57.6 Å². The molecule has 0 bridgehead atoms. The fraction of sp³-hybridized carbons (Fsp3) is 0.588. The minimum atomic E-state index is -4.12. The molecule has 7 heteroatoms. The van der Waals surface area contributed by atoms with Crippen LogP contribution in [0.2, 0.25) is 0 Å². The lowest BCUT2D eigenvalue weighted by Gasteiger charge is -2.09. The van der Waals surface area contributed by atoms with Crippen molar-refractivity contribution in [3.8, 4) is 5.75 Å². The molecule has 0 saturated carbocycles. The second kappa shape index (κ2) is 11.2. The molecule has 24 heavy (non-hydrogen) atoms. The van der Waals surface area contributed by atoms with Crippen LogP contribution in [0.15, 0.2) is 29.2 Å². The first-order chi connectivity index (χ1) is 11.5. The molecule has 0 aliphatic heterocycles. The van der Waals surface area contributed by atoms with Gasteiger partial charge in [0.25, 0.3) is 0 Å². The smallest absolute Gasteiger partial charge is 0.326 e. The van der Waals surface area contributed by atoms with Crippen molar-refractivity contribution in [2.24, 2.45) is 0 Å². The minimum absolute atomic E-state index is 0.0532. The highest BCUT2D eigenvalue weighted by Gasteiger charge is 2.22. The van der Waals surface area contributed by atoms with E-state index in [0.717, 1.165) is 26.4 Å². The predicted octanol–water partition coefficient (Wildman–Crippen LogP) is 4.00. The minimum Gasteiger partial charge on any atom is -0.425 e. The van der Waals surface area contributed by atoms with E-state index in [1.165, 1.54) is 43.9 Å². The number of para-hydroxylation sites is 1. The molecule has 136 valence electrons. The Labute approximate surface area is 144 Å². The van der Waals surface area contributed by atoms with Crippen molar-refractivity contribution in [3.05, 3.63) is 24.3 Å². The Kier molecular flexibility index (Phi) is 9.59. The monoisotopic (exact) mass is 358 g/mol. The van der Waals surface area contributed by atoms with E-state index in [0.29, 0.717) is 0 Å². The van der Waals surface area contributed by atoms with E-state index in [2.05, 4.69) is 16.1 Å². The Morgan fingerprint density at radius 1 is 1.00 bits per heavy atom. The lowest BCUT2D eigenvalue weighted by molar-refractivity contribution is -0.172. The molecule has 0 aromatic heterocycles. The average Bonchev–Trinajstić information content (AvgIpc) is 2.54. The number of carbonyl (C=O) groups is 1. The van der Waals surface area contributed by atoms with Crippen molar-refractivity contribution in [3.63, 3.8) is 0 Å². The van der Waals surface area contributed by atoms with Gasteiger partial charge >= 0.3 is 16.1 Å². The maximum atomic E-state index is 11.9. The number of benzene rings is 1. The standard InChI is InChI=1S/C17H26O6S/c1-3-4-5-6-7-8-9-14-17(18)22-15-12-10-11-13-16(15)24(19,20)23-21-2/h10-13H,3-9,14H2,1-2H3. The van der Waals surface area contributed by atoms with Crippen LogP contribution in [0, 0.1) is 0 Å². The van der Waals surface area contributed by atoms with Crippen molar-refractivity contribution in [1.29, 1.82) is 0 Å². The van der Waals surface area contributed by atoms with Gasteiger partial charge < -0.3 is 4.74 Å². The van der Waals surface area contributed by atoms with E-state index < -0.39 is 16.1 Å². The van der Waals surface area contributed by atoms with E-state index in [1.807, 2.05) is 0 Å². The highest BCUT2D eigenvalue weighted by molar-refractivity contribution is 7.86. The quantitative estimate of drug-likeness (QED) is 0.185. The Bertz CT molecular complexity index is 597. The molecule has 0 radical (unpaired) electrons. The van der Waals surface area contributed by atoms with Gasteiger partial charge in [-0.15, -0.1) is 4.33 Å². The number of rotatable bonds is 12. The van der Waals surface area contributed by atoms with Crippen LogP contribution in [0.1, 0.15) is 58.3 Å². The first-order valence-electron chi connectivity index (χ1n) is 8.28. The second-order valence-electron chi connectivity index (χ2n) is 5.48. The van der Waals surface area contributed by atoms with Crippen LogP contribution in [0.25, 0.3) is 0 Å². The van der Waals surface area contributed by atoms with Gasteiger partial charge in [-0.3, -0.25) is 4.79 Å². The highest BCUT2D eigenvalue weighted by atomic mass is 32.2. The van der Waals surface area contributed by atoms with Gasteiger partial charge in [0.05, 0.1) is 7.11 Å². The number of hydrogen-bond donors (Lipinski definition) is 0. The summed E-state index contributed by atoms with van der Waals surface area (Å²) in [7, 11) is -3.03. The van der Waals surface area contributed by atoms with Crippen LogP contribution in [0.5, 0.6) is 5.75 Å². The Balaban J connectivity index is 2.48. The molecule has 0 amide bonds. The summed E-state index contributed by atoms with van der Waals surface area (Å²) in [6.07, 6.45) is 7.91. The van der Waals surface area contributed by atoms with Crippen molar-refractivity contribution >= 4 is 16.1 Å². The largest absolute Gasteiger partial charge is 0.425 e. The molecule has 0 aliphatic rings. The first kappa shape index (κ1) is 20.6. The summed E-state index contributed by atoms with van der Waals surface area (Å²) in [6, 6.07) is 5.81. The molecule has 1 aromatic rings. The van der Waals surface area contributed by atoms with E-state index in [9.17, 15) is 13.2 Å². The topological polar surface area (TPSA) is 78.9 Å². The summed E-state index contributed by atoms with van der Waals surface area (Å²) in [4.78, 5) is 15.9. The first-order valence-corrected chi connectivity index (χ1v) is 9.69. The van der Waals surface area contributed by atoms with Crippen molar-refractivity contribution in [1.82, 2.24) is 0 Å². The number of esters is 1. The molecule has 6 nitrogen and oxygen atoms in total. The van der Waals surface area contributed by atoms with Crippen molar-refractivity contribution in [2.45, 2.75) is 63.2 Å². The van der Waals surface area contributed by atoms with Gasteiger partial charge in [-0.05, 0) is 18.6 Å². The van der Waals surface area contributed by atoms with Gasteiger partial charge in [0.15, 0.2) is 5.75 Å². The Hall–Kier alpha value is -1.44. The van der Waals surface area contributed by atoms with Crippen LogP contribution in [0.4, 0.5) is 0 Å². The van der Waals surface area contributed by atoms with Crippen molar-refractivity contribution < 1.29 is 27.2 Å². The molecule has 0 heterocycles. The summed E-state index contributed by atoms with van der Waals surface area (Å²) in [5, 5.41) is 0. The Morgan fingerprint density at radius 3 is 2.29 bits per heavy atom. The van der Waals surface area contributed by atoms with Gasteiger partial charge in [0.2, 0.25) is 0 Å². The maximum absolute atomic E-state index is 11.9. The predicted molar refractivity (Wildman–Crippen MR) is 90.0 cm³/mol. The zero-order valence-electron chi connectivity index (χ0n) is 14.3. The van der Waals surface area contributed by atoms with Crippen LogP contribution in [-0.4, -0.2) is 21.5 Å². The molecule has 0 aliphatic carbocycles. The molecule has 0 atom stereocenters. The molecule has 0 saturated heterocycles. The molecular weight excluding hydrogens is 332 g/mol. The fourth-order valence-corrected chi connectivity index (χ4v) is 3.12. The van der Waals surface area contributed by atoms with Crippen molar-refractivity contribution in [2.75, 3.05) is 7.11 Å². The lowest BCUT2D eigenvalue weighted by atomic mass is 10.1. The van der Waals surface area contributed by atoms with E-state index >= 15 is 0 Å². The van der Waals surface area contributed by atoms with Gasteiger partial charge in [0, 0.05) is 6.42 Å². The molecule has 0 fully saturated rings. The number of ether oxygens (including phenoxy) is 1. The number of unbranched alkanes of at least 4 members (excludes halogenated alkanes) is 6. The molecule has 1 rings (SSSR count). The summed E-state index contributed by atoms with van der Waals surface area (Å²) in [5.74, 6) is -0.508. The van der Waals surface area contributed by atoms with E-state index in [4.69, 9.17) is 4.74 Å². The number of carbonyl (C=O) groups excluding carboxylic acids is 1. The second-order valence-corrected chi connectivity index (χ2v) is 6.97. The SMILES string of the molecule is CCCCCCCCCC(=O)Oc1ccccc1S(=O)(=O)OOC. The summed E-state index contributed by atoms with van der Waals surface area (Å²) < 4.78 is 33.2. The third-order valence-electron chi connectivity index (χ3n) is 3.48. The summed E-state index contributed by atoms with van der Waals surface area (Å²) in [5.41, 5.74) is 0. The van der Waals surface area contributed by atoms with E-state index in [1.54, 1.807) is 6.07 Å². The van der Waals surface area contributed by atoms with Crippen LogP contribution in [0.3, 0.4) is 0 Å².